The third kappa shape index (κ3) is 2.46. The van der Waals surface area contributed by atoms with Crippen molar-refractivity contribution in [2.75, 3.05) is 7.11 Å². The smallest absolute Gasteiger partial charge is 0.253 e. The Morgan fingerprint density at radius 3 is 2.79 bits per heavy atom. The summed E-state index contributed by atoms with van der Waals surface area (Å²) < 4.78 is 7.98. The second-order valence-electron chi connectivity index (χ2n) is 3.87. The first kappa shape index (κ1) is 13.2. The fourth-order valence-corrected chi connectivity index (χ4v) is 1.92. The van der Waals surface area contributed by atoms with Gasteiger partial charge < -0.3 is 4.74 Å². The Labute approximate surface area is 114 Å². The highest BCUT2D eigenvalue weighted by Gasteiger charge is 2.12. The Morgan fingerprint density at radius 1 is 1.53 bits per heavy atom. The zero-order valence-electron chi connectivity index (χ0n) is 10.4. The van der Waals surface area contributed by atoms with Crippen LogP contribution in [0.1, 0.15) is 11.3 Å². The van der Waals surface area contributed by atoms with Crippen molar-refractivity contribution >= 4 is 11.6 Å². The van der Waals surface area contributed by atoms with E-state index in [0.717, 1.165) is 0 Å². The van der Waals surface area contributed by atoms with Gasteiger partial charge in [0.05, 0.1) is 19.3 Å². The molecule has 0 N–H and O–H groups in total. The highest BCUT2D eigenvalue weighted by Crippen LogP contribution is 2.17. The molecule has 2 aromatic heterocycles. The molecule has 2 aromatic rings. The molecule has 98 valence electrons. The minimum absolute atomic E-state index is 0.193. The quantitative estimate of drug-likeness (QED) is 0.845. The van der Waals surface area contributed by atoms with Crippen molar-refractivity contribution in [2.24, 2.45) is 7.05 Å². The largest absolute Gasteiger partial charge is 0.481 e. The lowest BCUT2D eigenvalue weighted by Gasteiger charge is -2.11. The van der Waals surface area contributed by atoms with Gasteiger partial charge in [-0.05, 0) is 6.07 Å². The van der Waals surface area contributed by atoms with Crippen molar-refractivity contribution in [2.45, 2.75) is 6.54 Å². The maximum Gasteiger partial charge on any atom is 0.253 e. The van der Waals surface area contributed by atoms with Crippen LogP contribution < -0.4 is 10.3 Å². The molecular weight excluding hydrogens is 268 g/mol. The lowest BCUT2D eigenvalue weighted by Crippen LogP contribution is -2.22. The summed E-state index contributed by atoms with van der Waals surface area (Å²) in [7, 11) is 3.12. The number of nitriles is 1. The van der Waals surface area contributed by atoms with E-state index >= 15 is 0 Å². The van der Waals surface area contributed by atoms with Gasteiger partial charge in [-0.15, -0.1) is 0 Å². The van der Waals surface area contributed by atoms with Gasteiger partial charge in [-0.1, -0.05) is 11.6 Å². The van der Waals surface area contributed by atoms with Crippen LogP contribution in [0.4, 0.5) is 0 Å². The molecule has 0 unspecified atom stereocenters. The molecule has 0 saturated heterocycles. The normalized spacial score (nSPS) is 10.2. The number of aromatic nitrogens is 3. The molecule has 0 amide bonds. The van der Waals surface area contributed by atoms with Crippen molar-refractivity contribution in [1.82, 2.24) is 14.3 Å². The summed E-state index contributed by atoms with van der Waals surface area (Å²) in [6.07, 6.45) is 0. The summed E-state index contributed by atoms with van der Waals surface area (Å²) in [5, 5.41) is 13.6. The zero-order valence-corrected chi connectivity index (χ0v) is 11.2. The van der Waals surface area contributed by atoms with Crippen molar-refractivity contribution in [3.05, 3.63) is 45.0 Å². The Balaban J connectivity index is 2.50. The number of hydrogen-bond donors (Lipinski definition) is 0. The highest BCUT2D eigenvalue weighted by molar-refractivity contribution is 6.29. The molecule has 0 aliphatic carbocycles. The topological polar surface area (TPSA) is 72.8 Å². The first-order valence-corrected chi connectivity index (χ1v) is 5.81. The standard InChI is InChI=1S/C12H11ClN4O2/c1-16-10(13)5-9(15-16)7-17-11(18)4-3-8(6-14)12(17)19-2/h3-5H,7H2,1-2H3. The number of aryl methyl sites for hydroxylation is 1. The highest BCUT2D eigenvalue weighted by atomic mass is 35.5. The molecule has 6 nitrogen and oxygen atoms in total. The third-order valence-corrected chi connectivity index (χ3v) is 3.00. The molecule has 0 aromatic carbocycles. The Morgan fingerprint density at radius 2 is 2.26 bits per heavy atom. The maximum absolute atomic E-state index is 11.9. The van der Waals surface area contributed by atoms with Crippen LogP contribution in [0.25, 0.3) is 0 Å². The average Bonchev–Trinajstić information content (AvgIpc) is 2.70. The number of rotatable bonds is 3. The predicted molar refractivity (Wildman–Crippen MR) is 69.3 cm³/mol. The van der Waals surface area contributed by atoms with Crippen LogP contribution >= 0.6 is 11.6 Å². The molecule has 0 fully saturated rings. The number of pyridine rings is 1. The summed E-state index contributed by atoms with van der Waals surface area (Å²) in [4.78, 5) is 11.9. The van der Waals surface area contributed by atoms with E-state index in [2.05, 4.69) is 5.10 Å². The predicted octanol–water partition coefficient (Wildman–Crippen LogP) is 1.16. The van der Waals surface area contributed by atoms with Crippen molar-refractivity contribution in [3.63, 3.8) is 0 Å². The van der Waals surface area contributed by atoms with E-state index in [1.165, 1.54) is 28.5 Å². The van der Waals surface area contributed by atoms with Gasteiger partial charge in [0.1, 0.15) is 16.8 Å². The summed E-state index contributed by atoms with van der Waals surface area (Å²) in [5.41, 5.74) is 0.643. The lowest BCUT2D eigenvalue weighted by molar-refractivity contribution is 0.368. The van der Waals surface area contributed by atoms with Crippen LogP contribution in [0, 0.1) is 11.3 Å². The van der Waals surface area contributed by atoms with Gasteiger partial charge >= 0.3 is 0 Å². The number of methoxy groups -OCH3 is 1. The van der Waals surface area contributed by atoms with E-state index in [1.54, 1.807) is 13.1 Å². The molecule has 2 heterocycles. The Hall–Kier alpha value is -2.26. The van der Waals surface area contributed by atoms with Gasteiger partial charge in [-0.3, -0.25) is 14.0 Å². The summed E-state index contributed by atoms with van der Waals surface area (Å²) in [6, 6.07) is 6.40. The second kappa shape index (κ2) is 5.16. The van der Waals surface area contributed by atoms with E-state index in [4.69, 9.17) is 21.6 Å². The van der Waals surface area contributed by atoms with Crippen LogP contribution in [0.3, 0.4) is 0 Å². The Bertz CT molecular complexity index is 692. The molecule has 0 saturated carbocycles. The molecule has 0 aliphatic heterocycles. The van der Waals surface area contributed by atoms with Crippen molar-refractivity contribution < 1.29 is 4.74 Å². The first-order chi connectivity index (χ1) is 9.06. The minimum atomic E-state index is -0.266. The number of hydrogen-bond acceptors (Lipinski definition) is 4. The number of nitrogens with zero attached hydrogens (tertiary/aromatic N) is 4. The van der Waals surface area contributed by atoms with Crippen LogP contribution in [0.5, 0.6) is 5.88 Å². The van der Waals surface area contributed by atoms with Gasteiger partial charge in [-0.25, -0.2) is 0 Å². The SMILES string of the molecule is COc1c(C#N)ccc(=O)n1Cc1cc(Cl)n(C)n1. The van der Waals surface area contributed by atoms with E-state index in [1.807, 2.05) is 6.07 Å². The summed E-state index contributed by atoms with van der Waals surface area (Å²) in [5.74, 6) is 0.219. The van der Waals surface area contributed by atoms with Gasteiger partial charge in [0.2, 0.25) is 5.88 Å². The molecule has 0 spiro atoms. The van der Waals surface area contributed by atoms with Gasteiger partial charge in [0.15, 0.2) is 0 Å². The number of halogens is 1. The fourth-order valence-electron chi connectivity index (χ4n) is 1.76. The van der Waals surface area contributed by atoms with Crippen molar-refractivity contribution in [3.8, 4) is 11.9 Å². The van der Waals surface area contributed by atoms with Crippen LogP contribution in [-0.4, -0.2) is 21.5 Å². The molecular formula is C12H11ClN4O2. The van der Waals surface area contributed by atoms with E-state index < -0.39 is 0 Å². The van der Waals surface area contributed by atoms with E-state index in [9.17, 15) is 4.79 Å². The molecule has 19 heavy (non-hydrogen) atoms. The van der Waals surface area contributed by atoms with E-state index in [0.29, 0.717) is 16.4 Å². The molecule has 7 heteroatoms. The first-order valence-electron chi connectivity index (χ1n) is 5.43. The van der Waals surface area contributed by atoms with Gasteiger partial charge in [-0.2, -0.15) is 10.4 Å². The lowest BCUT2D eigenvalue weighted by atomic mass is 10.3. The summed E-state index contributed by atoms with van der Waals surface area (Å²) in [6.45, 7) is 0.193. The molecule has 2 rings (SSSR count). The molecule has 0 aliphatic rings. The third-order valence-electron chi connectivity index (χ3n) is 2.64. The average molecular weight is 279 g/mol. The molecule has 0 radical (unpaired) electrons. The maximum atomic E-state index is 11.9. The molecule has 0 bridgehead atoms. The van der Waals surface area contributed by atoms with Crippen molar-refractivity contribution in [1.29, 1.82) is 5.26 Å². The van der Waals surface area contributed by atoms with E-state index in [-0.39, 0.29) is 18.0 Å². The van der Waals surface area contributed by atoms with Crippen LogP contribution in [0.2, 0.25) is 5.15 Å². The number of ether oxygens (including phenoxy) is 1. The summed E-state index contributed by atoms with van der Waals surface area (Å²) >= 11 is 5.90. The minimum Gasteiger partial charge on any atom is -0.481 e. The fraction of sp³-hybridized carbons (Fsp3) is 0.250. The monoisotopic (exact) mass is 278 g/mol. The second-order valence-corrected chi connectivity index (χ2v) is 4.26. The zero-order chi connectivity index (χ0) is 14.0. The molecule has 0 atom stereocenters. The van der Waals surface area contributed by atoms with Gasteiger partial charge in [0.25, 0.3) is 5.56 Å². The van der Waals surface area contributed by atoms with Crippen LogP contribution in [-0.2, 0) is 13.6 Å². The Kier molecular flexibility index (Phi) is 3.58. The van der Waals surface area contributed by atoms with Crippen LogP contribution in [0.15, 0.2) is 23.0 Å². The van der Waals surface area contributed by atoms with Gasteiger partial charge in [0, 0.05) is 19.2 Å².